The lowest BCUT2D eigenvalue weighted by atomic mass is 10.1. The van der Waals surface area contributed by atoms with E-state index < -0.39 is 0 Å². The molecule has 4 nitrogen and oxygen atoms in total. The largest absolute Gasteiger partial charge is 0.508 e. The second kappa shape index (κ2) is 4.67. The highest BCUT2D eigenvalue weighted by Gasteiger charge is 2.07. The van der Waals surface area contributed by atoms with Gasteiger partial charge in [0.2, 0.25) is 0 Å². The topological polar surface area (TPSA) is 64.1 Å². The molecule has 1 heterocycles. The lowest BCUT2D eigenvalue weighted by Gasteiger charge is -2.11. The van der Waals surface area contributed by atoms with Gasteiger partial charge in [-0.1, -0.05) is 12.1 Å². The first-order chi connectivity index (χ1) is 7.65. The lowest BCUT2D eigenvalue weighted by molar-refractivity contribution is 0.474. The van der Waals surface area contributed by atoms with Gasteiger partial charge in [-0.05, 0) is 33.6 Å². The molecule has 2 aromatic rings. The van der Waals surface area contributed by atoms with E-state index in [0.29, 0.717) is 6.54 Å². The van der Waals surface area contributed by atoms with E-state index in [9.17, 15) is 0 Å². The number of phenols is 1. The lowest BCUT2D eigenvalue weighted by Crippen LogP contribution is -2.17. The highest BCUT2D eigenvalue weighted by Crippen LogP contribution is 2.17. The number of benzene rings is 1. The minimum Gasteiger partial charge on any atom is -0.508 e. The third-order valence-corrected chi connectivity index (χ3v) is 2.72. The van der Waals surface area contributed by atoms with Gasteiger partial charge >= 0.3 is 0 Å². The highest BCUT2D eigenvalue weighted by atomic mass is 79.9. The predicted molar refractivity (Wildman–Crippen MR) is 65.0 cm³/mol. The Hall–Kier alpha value is -1.33. The number of nitrogens with two attached hydrogens (primary N) is 1. The van der Waals surface area contributed by atoms with Crippen LogP contribution in [0.25, 0.3) is 0 Å². The Labute approximate surface area is 102 Å². The molecule has 5 heteroatoms. The molecule has 1 aromatic heterocycles. The number of nitrogens with zero attached hydrogens (tertiary/aromatic N) is 2. The van der Waals surface area contributed by atoms with Crippen LogP contribution in [-0.2, 0) is 6.54 Å². The molecule has 0 spiro atoms. The van der Waals surface area contributed by atoms with E-state index in [2.05, 4.69) is 21.0 Å². The van der Waals surface area contributed by atoms with Crippen molar-refractivity contribution in [3.05, 3.63) is 46.7 Å². The summed E-state index contributed by atoms with van der Waals surface area (Å²) in [5.41, 5.74) is 7.00. The summed E-state index contributed by atoms with van der Waals surface area (Å²) in [7, 11) is 0. The van der Waals surface area contributed by atoms with Crippen LogP contribution in [0, 0.1) is 0 Å². The van der Waals surface area contributed by atoms with Crippen molar-refractivity contribution in [1.82, 2.24) is 9.78 Å². The van der Waals surface area contributed by atoms with Crippen molar-refractivity contribution in [2.24, 2.45) is 5.73 Å². The fourth-order valence-electron chi connectivity index (χ4n) is 1.47. The van der Waals surface area contributed by atoms with Crippen LogP contribution < -0.4 is 5.73 Å². The number of aromatic nitrogens is 2. The van der Waals surface area contributed by atoms with E-state index in [0.717, 1.165) is 10.0 Å². The zero-order chi connectivity index (χ0) is 11.5. The minimum absolute atomic E-state index is 0.132. The predicted octanol–water partition coefficient (Wildman–Crippen LogP) is 2.05. The van der Waals surface area contributed by atoms with Gasteiger partial charge in [-0.25, -0.2) is 0 Å². The summed E-state index contributed by atoms with van der Waals surface area (Å²) < 4.78 is 2.71. The standard InChI is InChI=1S/C11H12BrN3O/c12-9-5-14-15(6-9)7-11(13)8-1-3-10(16)4-2-8/h1-6,11,16H,7,13H2. The van der Waals surface area contributed by atoms with Crippen molar-refractivity contribution in [3.8, 4) is 5.75 Å². The number of phenolic OH excluding ortho intramolecular Hbond substituents is 1. The second-order valence-corrected chi connectivity index (χ2v) is 4.49. The molecule has 0 aliphatic heterocycles. The van der Waals surface area contributed by atoms with Gasteiger partial charge < -0.3 is 10.8 Å². The van der Waals surface area contributed by atoms with Gasteiger partial charge in [0, 0.05) is 12.2 Å². The van der Waals surface area contributed by atoms with Crippen molar-refractivity contribution in [2.75, 3.05) is 0 Å². The minimum atomic E-state index is -0.132. The monoisotopic (exact) mass is 281 g/mol. The number of rotatable bonds is 3. The molecule has 0 amide bonds. The normalized spacial score (nSPS) is 12.6. The van der Waals surface area contributed by atoms with Gasteiger partial charge in [0.15, 0.2) is 0 Å². The first kappa shape index (κ1) is 11.2. The number of halogens is 1. The van der Waals surface area contributed by atoms with E-state index in [1.807, 2.05) is 18.3 Å². The maximum atomic E-state index is 9.17. The molecule has 1 atom stereocenters. The fourth-order valence-corrected chi connectivity index (χ4v) is 1.79. The van der Waals surface area contributed by atoms with E-state index in [1.54, 1.807) is 23.0 Å². The van der Waals surface area contributed by atoms with Gasteiger partial charge in [-0.2, -0.15) is 5.10 Å². The van der Waals surface area contributed by atoms with Crippen molar-refractivity contribution < 1.29 is 5.11 Å². The van der Waals surface area contributed by atoms with Crippen LogP contribution in [0.3, 0.4) is 0 Å². The van der Waals surface area contributed by atoms with Crippen LogP contribution in [0.2, 0.25) is 0 Å². The fraction of sp³-hybridized carbons (Fsp3) is 0.182. The molecule has 16 heavy (non-hydrogen) atoms. The Morgan fingerprint density at radius 3 is 2.62 bits per heavy atom. The smallest absolute Gasteiger partial charge is 0.115 e. The Kier molecular flexibility index (Phi) is 3.26. The summed E-state index contributed by atoms with van der Waals surface area (Å²) >= 11 is 3.33. The average Bonchev–Trinajstić information content (AvgIpc) is 2.65. The van der Waals surface area contributed by atoms with Crippen molar-refractivity contribution in [2.45, 2.75) is 12.6 Å². The zero-order valence-electron chi connectivity index (χ0n) is 8.55. The summed E-state index contributed by atoms with van der Waals surface area (Å²) in [6, 6.07) is 6.77. The molecule has 2 rings (SSSR count). The Balaban J connectivity index is 2.08. The van der Waals surface area contributed by atoms with Crippen LogP contribution in [-0.4, -0.2) is 14.9 Å². The van der Waals surface area contributed by atoms with E-state index in [4.69, 9.17) is 10.8 Å². The first-order valence-electron chi connectivity index (χ1n) is 4.87. The molecular weight excluding hydrogens is 270 g/mol. The Bertz CT molecular complexity index is 466. The van der Waals surface area contributed by atoms with Crippen LogP contribution in [0.15, 0.2) is 41.1 Å². The third kappa shape index (κ3) is 2.62. The molecule has 84 valence electrons. The highest BCUT2D eigenvalue weighted by molar-refractivity contribution is 9.10. The molecular formula is C11H12BrN3O. The molecule has 0 aliphatic rings. The van der Waals surface area contributed by atoms with E-state index >= 15 is 0 Å². The molecule has 3 N–H and O–H groups in total. The third-order valence-electron chi connectivity index (χ3n) is 2.31. The Morgan fingerprint density at radius 1 is 1.38 bits per heavy atom. The molecule has 1 aromatic carbocycles. The summed E-state index contributed by atoms with van der Waals surface area (Å²) in [6.07, 6.45) is 3.60. The maximum absolute atomic E-state index is 9.17. The Morgan fingerprint density at radius 2 is 2.06 bits per heavy atom. The molecule has 0 saturated heterocycles. The SMILES string of the molecule is NC(Cn1cc(Br)cn1)c1ccc(O)cc1. The summed E-state index contributed by atoms with van der Waals surface area (Å²) in [5, 5.41) is 13.3. The zero-order valence-corrected chi connectivity index (χ0v) is 10.1. The van der Waals surface area contributed by atoms with Gasteiger partial charge in [0.05, 0.1) is 17.2 Å². The van der Waals surface area contributed by atoms with Gasteiger partial charge in [0.25, 0.3) is 0 Å². The van der Waals surface area contributed by atoms with Gasteiger partial charge in [-0.3, -0.25) is 4.68 Å². The van der Waals surface area contributed by atoms with Crippen molar-refractivity contribution in [1.29, 1.82) is 0 Å². The van der Waals surface area contributed by atoms with Crippen molar-refractivity contribution >= 4 is 15.9 Å². The quantitative estimate of drug-likeness (QED) is 0.905. The number of hydrogen-bond donors (Lipinski definition) is 2. The van der Waals surface area contributed by atoms with Gasteiger partial charge in [-0.15, -0.1) is 0 Å². The van der Waals surface area contributed by atoms with Gasteiger partial charge in [0.1, 0.15) is 5.75 Å². The average molecular weight is 282 g/mol. The number of aromatic hydroxyl groups is 1. The van der Waals surface area contributed by atoms with Crippen LogP contribution in [0.4, 0.5) is 0 Å². The van der Waals surface area contributed by atoms with E-state index in [-0.39, 0.29) is 11.8 Å². The number of hydrogen-bond acceptors (Lipinski definition) is 3. The molecule has 0 fully saturated rings. The molecule has 0 aliphatic carbocycles. The summed E-state index contributed by atoms with van der Waals surface area (Å²) in [5.74, 6) is 0.248. The van der Waals surface area contributed by atoms with Crippen LogP contribution >= 0.6 is 15.9 Å². The van der Waals surface area contributed by atoms with Crippen molar-refractivity contribution in [3.63, 3.8) is 0 Å². The first-order valence-corrected chi connectivity index (χ1v) is 5.67. The molecule has 1 unspecified atom stereocenters. The maximum Gasteiger partial charge on any atom is 0.115 e. The molecule has 0 saturated carbocycles. The van der Waals surface area contributed by atoms with E-state index in [1.165, 1.54) is 0 Å². The molecule has 0 bridgehead atoms. The van der Waals surface area contributed by atoms with Crippen LogP contribution in [0.5, 0.6) is 5.75 Å². The summed E-state index contributed by atoms with van der Waals surface area (Å²) in [6.45, 7) is 0.608. The molecule has 0 radical (unpaired) electrons. The summed E-state index contributed by atoms with van der Waals surface area (Å²) in [4.78, 5) is 0. The second-order valence-electron chi connectivity index (χ2n) is 3.58. The van der Waals surface area contributed by atoms with Crippen LogP contribution in [0.1, 0.15) is 11.6 Å².